The average molecular weight is 186 g/mol. The van der Waals surface area contributed by atoms with Crippen LogP contribution in [0.1, 0.15) is 10.4 Å². The molecule has 69 valence electrons. The first kappa shape index (κ1) is 8.56. The summed E-state index contributed by atoms with van der Waals surface area (Å²) >= 11 is 0. The first-order valence-corrected chi connectivity index (χ1v) is 4.12. The van der Waals surface area contributed by atoms with Crippen molar-refractivity contribution >= 4 is 16.7 Å². The monoisotopic (exact) mass is 186 g/mol. The average Bonchev–Trinajstić information content (AvgIpc) is 2.16. The fourth-order valence-corrected chi connectivity index (χ4v) is 1.41. The van der Waals surface area contributed by atoms with Crippen LogP contribution in [-0.4, -0.2) is 11.0 Å². The van der Waals surface area contributed by atoms with Crippen LogP contribution in [0.25, 0.3) is 10.8 Å². The maximum Gasteiger partial charge on any atom is 0.249 e. The molecule has 3 N–H and O–H groups in total. The Morgan fingerprint density at radius 2 is 2.14 bits per heavy atom. The zero-order valence-corrected chi connectivity index (χ0v) is 7.32. The molecule has 0 aromatic heterocycles. The zero-order valence-electron chi connectivity index (χ0n) is 7.32. The van der Waals surface area contributed by atoms with Gasteiger partial charge in [-0.05, 0) is 35.0 Å². The van der Waals surface area contributed by atoms with Crippen LogP contribution in [0.4, 0.5) is 0 Å². The van der Waals surface area contributed by atoms with Crippen molar-refractivity contribution in [2.75, 3.05) is 0 Å². The molecule has 0 aliphatic rings. The highest BCUT2D eigenvalue weighted by molar-refractivity contribution is 6.06. The van der Waals surface area contributed by atoms with Crippen molar-refractivity contribution in [3.8, 4) is 5.75 Å². The molecule has 0 atom stereocenters. The number of aromatic hydroxyl groups is 1. The van der Waals surface area contributed by atoms with E-state index < -0.39 is 5.91 Å². The second-order valence-electron chi connectivity index (χ2n) is 2.99. The normalized spacial score (nSPS) is 10.3. The van der Waals surface area contributed by atoms with Crippen molar-refractivity contribution in [2.24, 2.45) is 5.73 Å². The number of phenolic OH excluding ortho intramolecular Hbond substituents is 1. The number of phenols is 1. The van der Waals surface area contributed by atoms with Crippen LogP contribution < -0.4 is 5.73 Å². The molecule has 2 rings (SSSR count). The van der Waals surface area contributed by atoms with Gasteiger partial charge in [0.25, 0.3) is 0 Å². The Balaban J connectivity index is 2.81. The molecule has 1 radical (unpaired) electrons. The van der Waals surface area contributed by atoms with E-state index in [1.807, 2.05) is 0 Å². The molecule has 0 aliphatic heterocycles. The maximum absolute atomic E-state index is 11.0. The second-order valence-corrected chi connectivity index (χ2v) is 2.99. The largest absolute Gasteiger partial charge is 0.508 e. The molecule has 0 bridgehead atoms. The van der Waals surface area contributed by atoms with E-state index in [4.69, 9.17) is 5.73 Å². The molecule has 0 aliphatic carbocycles. The summed E-state index contributed by atoms with van der Waals surface area (Å²) in [6.07, 6.45) is 0. The molecule has 3 nitrogen and oxygen atoms in total. The topological polar surface area (TPSA) is 63.3 Å². The van der Waals surface area contributed by atoms with Crippen LogP contribution in [0.15, 0.2) is 30.3 Å². The van der Waals surface area contributed by atoms with E-state index in [0.29, 0.717) is 10.9 Å². The van der Waals surface area contributed by atoms with Gasteiger partial charge in [-0.2, -0.15) is 0 Å². The van der Waals surface area contributed by atoms with Gasteiger partial charge >= 0.3 is 0 Å². The Bertz CT molecular complexity index is 506. The highest BCUT2D eigenvalue weighted by Crippen LogP contribution is 2.22. The Morgan fingerprint density at radius 3 is 2.86 bits per heavy atom. The van der Waals surface area contributed by atoms with Crippen molar-refractivity contribution in [3.05, 3.63) is 42.0 Å². The SMILES string of the molecule is NC(=O)c1[c]ccc2cc(O)ccc12. The smallest absolute Gasteiger partial charge is 0.249 e. The molecular weight excluding hydrogens is 178 g/mol. The first-order valence-electron chi connectivity index (χ1n) is 4.12. The van der Waals surface area contributed by atoms with Crippen molar-refractivity contribution < 1.29 is 9.90 Å². The molecule has 14 heavy (non-hydrogen) atoms. The fraction of sp³-hybridized carbons (Fsp3) is 0. The van der Waals surface area contributed by atoms with Crippen molar-refractivity contribution in [2.45, 2.75) is 0 Å². The zero-order chi connectivity index (χ0) is 10.1. The summed E-state index contributed by atoms with van der Waals surface area (Å²) in [7, 11) is 0. The lowest BCUT2D eigenvalue weighted by Crippen LogP contribution is -2.11. The van der Waals surface area contributed by atoms with Gasteiger partial charge in [0.15, 0.2) is 0 Å². The lowest BCUT2D eigenvalue weighted by Gasteiger charge is -2.02. The summed E-state index contributed by atoms with van der Waals surface area (Å²) < 4.78 is 0. The molecular formula is C11H8NO2. The maximum atomic E-state index is 11.0. The van der Waals surface area contributed by atoms with Crippen LogP contribution >= 0.6 is 0 Å². The van der Waals surface area contributed by atoms with Gasteiger partial charge in [0, 0.05) is 0 Å². The fourth-order valence-electron chi connectivity index (χ4n) is 1.41. The standard InChI is InChI=1S/C11H8NO2/c12-11(14)10-3-1-2-7-6-8(13)4-5-9(7)10/h1-2,4-6,13H,(H2,12,14). The summed E-state index contributed by atoms with van der Waals surface area (Å²) in [5.74, 6) is -0.347. The van der Waals surface area contributed by atoms with E-state index in [0.717, 1.165) is 5.39 Å². The van der Waals surface area contributed by atoms with E-state index in [9.17, 15) is 9.90 Å². The van der Waals surface area contributed by atoms with Crippen LogP contribution in [0.3, 0.4) is 0 Å². The summed E-state index contributed by atoms with van der Waals surface area (Å²) in [6, 6.07) is 10.9. The minimum absolute atomic E-state index is 0.166. The number of nitrogens with two attached hydrogens (primary N) is 1. The number of hydrogen-bond acceptors (Lipinski definition) is 2. The van der Waals surface area contributed by atoms with Gasteiger partial charge in [0.2, 0.25) is 5.91 Å². The number of carbonyl (C=O) groups is 1. The van der Waals surface area contributed by atoms with Crippen molar-refractivity contribution in [1.82, 2.24) is 0 Å². The highest BCUT2D eigenvalue weighted by atomic mass is 16.3. The summed E-state index contributed by atoms with van der Waals surface area (Å²) in [6.45, 7) is 0. The molecule has 2 aromatic carbocycles. The number of amides is 1. The first-order chi connectivity index (χ1) is 6.68. The van der Waals surface area contributed by atoms with E-state index >= 15 is 0 Å². The van der Waals surface area contributed by atoms with Gasteiger partial charge in [0.1, 0.15) is 5.75 Å². The van der Waals surface area contributed by atoms with E-state index in [1.165, 1.54) is 6.07 Å². The quantitative estimate of drug-likeness (QED) is 0.707. The molecule has 0 saturated heterocycles. The molecule has 1 amide bonds. The predicted molar refractivity (Wildman–Crippen MR) is 53.0 cm³/mol. The Hall–Kier alpha value is -2.03. The van der Waals surface area contributed by atoms with Gasteiger partial charge in [-0.25, -0.2) is 0 Å². The minimum Gasteiger partial charge on any atom is -0.508 e. The molecule has 0 spiro atoms. The summed E-state index contributed by atoms with van der Waals surface area (Å²) in [5, 5.41) is 10.7. The molecule has 3 heteroatoms. The Labute approximate surface area is 80.8 Å². The highest BCUT2D eigenvalue weighted by Gasteiger charge is 2.05. The Kier molecular flexibility index (Phi) is 1.85. The number of hydrogen-bond donors (Lipinski definition) is 2. The van der Waals surface area contributed by atoms with Gasteiger partial charge < -0.3 is 10.8 Å². The molecule has 0 saturated carbocycles. The number of carbonyl (C=O) groups excluding carboxylic acids is 1. The minimum atomic E-state index is -0.513. The molecule has 2 aromatic rings. The van der Waals surface area contributed by atoms with E-state index in [1.54, 1.807) is 24.3 Å². The van der Waals surface area contributed by atoms with Gasteiger partial charge in [-0.3, -0.25) is 4.79 Å². The molecule has 0 unspecified atom stereocenters. The Morgan fingerprint density at radius 1 is 1.36 bits per heavy atom. The lowest BCUT2D eigenvalue weighted by atomic mass is 10.0. The van der Waals surface area contributed by atoms with Crippen LogP contribution in [-0.2, 0) is 0 Å². The number of fused-ring (bicyclic) bond motifs is 1. The predicted octanol–water partition coefficient (Wildman–Crippen LogP) is 1.44. The van der Waals surface area contributed by atoms with Crippen LogP contribution in [0.2, 0.25) is 0 Å². The number of rotatable bonds is 1. The third kappa shape index (κ3) is 1.29. The van der Waals surface area contributed by atoms with Crippen LogP contribution in [0.5, 0.6) is 5.75 Å². The second kappa shape index (κ2) is 3.03. The van der Waals surface area contributed by atoms with Gasteiger partial charge in [-0.1, -0.05) is 12.1 Å². The summed E-state index contributed by atoms with van der Waals surface area (Å²) in [5.41, 5.74) is 5.53. The number of benzene rings is 2. The summed E-state index contributed by atoms with van der Waals surface area (Å²) in [4.78, 5) is 11.0. The van der Waals surface area contributed by atoms with Crippen molar-refractivity contribution in [1.29, 1.82) is 0 Å². The van der Waals surface area contributed by atoms with E-state index in [-0.39, 0.29) is 5.75 Å². The van der Waals surface area contributed by atoms with Crippen molar-refractivity contribution in [3.63, 3.8) is 0 Å². The third-order valence-corrected chi connectivity index (χ3v) is 2.04. The molecule has 0 heterocycles. The molecule has 0 fully saturated rings. The number of primary amides is 1. The third-order valence-electron chi connectivity index (χ3n) is 2.04. The van der Waals surface area contributed by atoms with Gasteiger partial charge in [0.05, 0.1) is 5.56 Å². The lowest BCUT2D eigenvalue weighted by molar-refractivity contribution is 0.100. The van der Waals surface area contributed by atoms with Crippen LogP contribution in [0, 0.1) is 6.07 Å². The van der Waals surface area contributed by atoms with E-state index in [2.05, 4.69) is 6.07 Å². The van der Waals surface area contributed by atoms with Gasteiger partial charge in [-0.15, -0.1) is 0 Å².